The lowest BCUT2D eigenvalue weighted by atomic mass is 10.0. The van der Waals surface area contributed by atoms with Crippen molar-refractivity contribution in [3.8, 4) is 0 Å². The molecule has 2 aromatic rings. The number of sulfone groups is 1. The van der Waals surface area contributed by atoms with E-state index in [9.17, 15) is 13.2 Å². The number of ether oxygens (including phenoxy) is 1. The van der Waals surface area contributed by atoms with E-state index in [2.05, 4.69) is 10.3 Å². The van der Waals surface area contributed by atoms with E-state index in [1.807, 2.05) is 22.8 Å². The van der Waals surface area contributed by atoms with Crippen LogP contribution in [0.5, 0.6) is 0 Å². The van der Waals surface area contributed by atoms with Gasteiger partial charge in [0.25, 0.3) is 0 Å². The van der Waals surface area contributed by atoms with Crippen LogP contribution in [0.15, 0.2) is 24.4 Å². The third-order valence-electron chi connectivity index (χ3n) is 5.19. The second-order valence-corrected chi connectivity index (χ2v) is 9.71. The number of hydrogen-bond acceptors (Lipinski definition) is 5. The molecule has 2 atom stereocenters. The number of aromatic nitrogens is 2. The van der Waals surface area contributed by atoms with Crippen molar-refractivity contribution in [2.75, 3.05) is 18.1 Å². The summed E-state index contributed by atoms with van der Waals surface area (Å²) in [6.45, 7) is 2.62. The average molecular weight is 377 g/mol. The van der Waals surface area contributed by atoms with E-state index in [-0.39, 0.29) is 30.1 Å². The molecule has 2 aliphatic heterocycles. The minimum atomic E-state index is -3.07. The first-order valence-electron chi connectivity index (χ1n) is 8.92. The first kappa shape index (κ1) is 17.5. The van der Waals surface area contributed by atoms with Crippen LogP contribution in [0.25, 0.3) is 11.0 Å². The summed E-state index contributed by atoms with van der Waals surface area (Å²) in [5.41, 5.74) is 1.00. The predicted octanol–water partition coefficient (Wildman–Crippen LogP) is 1.58. The molecule has 140 valence electrons. The Morgan fingerprint density at radius 1 is 1.50 bits per heavy atom. The fourth-order valence-corrected chi connectivity index (χ4v) is 6.07. The maximum atomic E-state index is 12.7. The number of nitrogens with one attached hydrogen (secondary N) is 1. The summed E-state index contributed by atoms with van der Waals surface area (Å²) in [6, 6.07) is 5.88. The van der Waals surface area contributed by atoms with E-state index in [4.69, 9.17) is 4.74 Å². The van der Waals surface area contributed by atoms with Gasteiger partial charge in [0.2, 0.25) is 5.91 Å². The van der Waals surface area contributed by atoms with Crippen molar-refractivity contribution in [2.45, 2.75) is 44.4 Å². The highest BCUT2D eigenvalue weighted by Gasteiger charge is 2.39. The molecule has 0 aromatic carbocycles. The quantitative estimate of drug-likeness (QED) is 0.874. The second kappa shape index (κ2) is 6.35. The van der Waals surface area contributed by atoms with Gasteiger partial charge in [-0.3, -0.25) is 4.79 Å². The first-order valence-corrected chi connectivity index (χ1v) is 10.7. The van der Waals surface area contributed by atoms with Crippen molar-refractivity contribution in [3.63, 3.8) is 0 Å². The molecule has 0 radical (unpaired) electrons. The molecular weight excluding hydrogens is 354 g/mol. The molecule has 2 fully saturated rings. The maximum absolute atomic E-state index is 12.7. The highest BCUT2D eigenvalue weighted by atomic mass is 32.2. The van der Waals surface area contributed by atoms with E-state index in [0.717, 1.165) is 36.2 Å². The number of pyridine rings is 1. The lowest BCUT2D eigenvalue weighted by Crippen LogP contribution is -2.48. The molecule has 0 unspecified atom stereocenters. The Balaban J connectivity index is 1.60. The maximum Gasteiger partial charge on any atom is 0.240 e. The Morgan fingerprint density at radius 2 is 2.35 bits per heavy atom. The van der Waals surface area contributed by atoms with E-state index >= 15 is 0 Å². The SMILES string of the molecule is C[C@]1(NC(=O)Cn2c([C@H]3CCCO3)cc3cccnc32)CCS(=O)(=O)C1. The standard InChI is InChI=1S/C18H23N3O4S/c1-18(6-9-26(23,24)12-18)20-16(22)11-21-14(15-5-3-8-25-15)10-13-4-2-7-19-17(13)21/h2,4,7,10,15H,3,5-6,8-9,11-12H2,1H3,(H,20,22)/t15-,18+/m1/s1. The smallest absolute Gasteiger partial charge is 0.240 e. The van der Waals surface area contributed by atoms with Gasteiger partial charge in [-0.15, -0.1) is 0 Å². The Morgan fingerprint density at radius 3 is 3.04 bits per heavy atom. The van der Waals surface area contributed by atoms with Crippen molar-refractivity contribution < 1.29 is 17.9 Å². The number of carbonyl (C=O) groups is 1. The highest BCUT2D eigenvalue weighted by molar-refractivity contribution is 7.91. The van der Waals surface area contributed by atoms with Crippen molar-refractivity contribution in [1.82, 2.24) is 14.9 Å². The normalized spacial score (nSPS) is 27.8. The minimum Gasteiger partial charge on any atom is -0.372 e. The fraction of sp³-hybridized carbons (Fsp3) is 0.556. The van der Waals surface area contributed by atoms with Crippen LogP contribution in [0.3, 0.4) is 0 Å². The molecule has 1 amide bonds. The Hall–Kier alpha value is -1.93. The third-order valence-corrected chi connectivity index (χ3v) is 7.10. The number of carbonyl (C=O) groups excluding carboxylic acids is 1. The number of amides is 1. The van der Waals surface area contributed by atoms with Gasteiger partial charge in [-0.1, -0.05) is 0 Å². The van der Waals surface area contributed by atoms with Crippen LogP contribution in [0.1, 0.15) is 38.0 Å². The number of rotatable bonds is 4. The largest absolute Gasteiger partial charge is 0.372 e. The van der Waals surface area contributed by atoms with E-state index in [1.54, 1.807) is 13.1 Å². The van der Waals surface area contributed by atoms with Crippen molar-refractivity contribution in [1.29, 1.82) is 0 Å². The molecule has 2 saturated heterocycles. The molecular formula is C18H23N3O4S. The van der Waals surface area contributed by atoms with Crippen LogP contribution in [-0.2, 0) is 25.9 Å². The first-order chi connectivity index (χ1) is 12.4. The van der Waals surface area contributed by atoms with Crippen LogP contribution in [0.4, 0.5) is 0 Å². The Labute approximate surface area is 152 Å². The molecule has 7 nitrogen and oxygen atoms in total. The molecule has 0 saturated carbocycles. The summed E-state index contributed by atoms with van der Waals surface area (Å²) in [7, 11) is -3.07. The van der Waals surface area contributed by atoms with Crippen molar-refractivity contribution in [2.24, 2.45) is 0 Å². The summed E-state index contributed by atoms with van der Waals surface area (Å²) in [5, 5.41) is 3.90. The summed E-state index contributed by atoms with van der Waals surface area (Å²) in [5.74, 6) is -0.0828. The van der Waals surface area contributed by atoms with Gasteiger partial charge in [0, 0.05) is 23.9 Å². The van der Waals surface area contributed by atoms with E-state index < -0.39 is 15.4 Å². The molecule has 2 aromatic heterocycles. The number of hydrogen-bond donors (Lipinski definition) is 1. The van der Waals surface area contributed by atoms with Crippen LogP contribution in [0.2, 0.25) is 0 Å². The van der Waals surface area contributed by atoms with Gasteiger partial charge in [-0.2, -0.15) is 0 Å². The van der Waals surface area contributed by atoms with Gasteiger partial charge in [0.05, 0.1) is 23.1 Å². The van der Waals surface area contributed by atoms with Crippen molar-refractivity contribution >= 4 is 26.8 Å². The lowest BCUT2D eigenvalue weighted by molar-refractivity contribution is -0.123. The number of nitrogens with zero attached hydrogens (tertiary/aromatic N) is 2. The monoisotopic (exact) mass is 377 g/mol. The zero-order chi connectivity index (χ0) is 18.4. The molecule has 0 spiro atoms. The van der Waals surface area contributed by atoms with Gasteiger partial charge < -0.3 is 14.6 Å². The molecule has 1 N–H and O–H groups in total. The van der Waals surface area contributed by atoms with Crippen LogP contribution in [0, 0.1) is 0 Å². The predicted molar refractivity (Wildman–Crippen MR) is 97.5 cm³/mol. The molecule has 2 aliphatic rings. The van der Waals surface area contributed by atoms with Gasteiger partial charge in [0.1, 0.15) is 12.2 Å². The van der Waals surface area contributed by atoms with E-state index in [0.29, 0.717) is 6.42 Å². The van der Waals surface area contributed by atoms with Gasteiger partial charge in [-0.05, 0) is 44.4 Å². The third kappa shape index (κ3) is 3.35. The molecule has 26 heavy (non-hydrogen) atoms. The van der Waals surface area contributed by atoms with Crippen LogP contribution in [-0.4, -0.2) is 47.5 Å². The zero-order valence-corrected chi connectivity index (χ0v) is 15.6. The van der Waals surface area contributed by atoms with E-state index in [1.165, 1.54) is 0 Å². The van der Waals surface area contributed by atoms with Gasteiger partial charge in [-0.25, -0.2) is 13.4 Å². The Bertz CT molecular complexity index is 946. The Kier molecular flexibility index (Phi) is 4.27. The molecule has 4 heterocycles. The zero-order valence-electron chi connectivity index (χ0n) is 14.8. The number of fused-ring (bicyclic) bond motifs is 1. The summed E-state index contributed by atoms with van der Waals surface area (Å²) in [6.07, 6.45) is 4.06. The van der Waals surface area contributed by atoms with Crippen LogP contribution < -0.4 is 5.32 Å². The van der Waals surface area contributed by atoms with Gasteiger partial charge in [0.15, 0.2) is 9.84 Å². The second-order valence-electron chi connectivity index (χ2n) is 7.52. The summed E-state index contributed by atoms with van der Waals surface area (Å²) < 4.78 is 31.2. The molecule has 0 bridgehead atoms. The summed E-state index contributed by atoms with van der Waals surface area (Å²) >= 11 is 0. The van der Waals surface area contributed by atoms with Crippen LogP contribution >= 0.6 is 0 Å². The van der Waals surface area contributed by atoms with Crippen molar-refractivity contribution in [3.05, 3.63) is 30.1 Å². The molecule has 0 aliphatic carbocycles. The highest BCUT2D eigenvalue weighted by Crippen LogP contribution is 2.32. The van der Waals surface area contributed by atoms with Gasteiger partial charge >= 0.3 is 0 Å². The topological polar surface area (TPSA) is 90.3 Å². The molecule has 4 rings (SSSR count). The minimum absolute atomic E-state index is 0.00495. The molecule has 8 heteroatoms. The fourth-order valence-electron chi connectivity index (χ4n) is 3.98. The summed E-state index contributed by atoms with van der Waals surface area (Å²) in [4.78, 5) is 17.1. The lowest BCUT2D eigenvalue weighted by Gasteiger charge is -2.24. The average Bonchev–Trinajstić information content (AvgIpc) is 3.26.